The van der Waals surface area contributed by atoms with Crippen molar-refractivity contribution >= 4 is 33.2 Å². The third kappa shape index (κ3) is 4.53. The summed E-state index contributed by atoms with van der Waals surface area (Å²) in [7, 11) is -4.03. The van der Waals surface area contributed by atoms with Crippen molar-refractivity contribution in [2.75, 3.05) is 6.61 Å². The molecule has 0 aliphatic rings. The lowest BCUT2D eigenvalue weighted by Gasteiger charge is -2.31. The van der Waals surface area contributed by atoms with E-state index in [0.29, 0.717) is 0 Å². The molecule has 0 aliphatic heterocycles. The third-order valence-electron chi connectivity index (χ3n) is 3.05. The lowest BCUT2D eigenvalue weighted by atomic mass is 9.86. The van der Waals surface area contributed by atoms with Crippen molar-refractivity contribution in [2.45, 2.75) is 38.1 Å². The van der Waals surface area contributed by atoms with Crippen LogP contribution in [0, 0.1) is 11.2 Å². The molecule has 8 heteroatoms. The fraction of sp³-hybridized carbons (Fsp3) is 0.538. The first kappa shape index (κ1) is 18.6. The van der Waals surface area contributed by atoms with E-state index in [1.165, 1.54) is 0 Å². The van der Waals surface area contributed by atoms with Crippen molar-refractivity contribution < 1.29 is 17.9 Å². The maximum absolute atomic E-state index is 13.6. The van der Waals surface area contributed by atoms with Gasteiger partial charge in [-0.15, -0.1) is 0 Å². The van der Waals surface area contributed by atoms with Crippen molar-refractivity contribution in [1.82, 2.24) is 4.72 Å². The van der Waals surface area contributed by atoms with E-state index < -0.39 is 32.3 Å². The van der Waals surface area contributed by atoms with Crippen LogP contribution in [0.1, 0.15) is 27.2 Å². The zero-order chi connectivity index (χ0) is 16.4. The number of sulfonamides is 1. The smallest absolute Gasteiger partial charge is 0.242 e. The topological polar surface area (TPSA) is 66.4 Å². The van der Waals surface area contributed by atoms with Crippen molar-refractivity contribution in [1.29, 1.82) is 0 Å². The molecule has 4 nitrogen and oxygen atoms in total. The number of benzene rings is 1. The Morgan fingerprint density at radius 1 is 1.33 bits per heavy atom. The second-order valence-electron chi connectivity index (χ2n) is 5.73. The van der Waals surface area contributed by atoms with Gasteiger partial charge in [0.1, 0.15) is 4.90 Å². The molecule has 120 valence electrons. The summed E-state index contributed by atoms with van der Waals surface area (Å²) in [6.07, 6.45) is 0.233. The lowest BCUT2D eigenvalue weighted by molar-refractivity contribution is 0.214. The van der Waals surface area contributed by atoms with Crippen LogP contribution in [0.4, 0.5) is 4.39 Å². The van der Waals surface area contributed by atoms with E-state index in [2.05, 4.69) is 4.72 Å². The van der Waals surface area contributed by atoms with E-state index in [9.17, 15) is 12.8 Å². The molecule has 1 unspecified atom stereocenters. The predicted molar refractivity (Wildman–Crippen MR) is 81.7 cm³/mol. The van der Waals surface area contributed by atoms with Gasteiger partial charge in [-0.3, -0.25) is 0 Å². The molecule has 0 spiro atoms. The Hall–Kier alpha value is -0.400. The maximum atomic E-state index is 13.6. The van der Waals surface area contributed by atoms with Gasteiger partial charge in [-0.25, -0.2) is 17.5 Å². The molecule has 0 aromatic heterocycles. The number of halogens is 3. The minimum Gasteiger partial charge on any atom is -0.396 e. The molecule has 2 N–H and O–H groups in total. The zero-order valence-electron chi connectivity index (χ0n) is 12.0. The maximum Gasteiger partial charge on any atom is 0.242 e. The van der Waals surface area contributed by atoms with Crippen LogP contribution in [0.3, 0.4) is 0 Å². The van der Waals surface area contributed by atoms with Crippen LogP contribution in [-0.2, 0) is 10.0 Å². The van der Waals surface area contributed by atoms with Crippen molar-refractivity contribution in [3.63, 3.8) is 0 Å². The summed E-state index contributed by atoms with van der Waals surface area (Å²) >= 11 is 11.3. The average Bonchev–Trinajstić information content (AvgIpc) is 2.34. The number of aliphatic hydroxyl groups excluding tert-OH is 1. The molecule has 0 radical (unpaired) electrons. The summed E-state index contributed by atoms with van der Waals surface area (Å²) in [6, 6.07) is 1.76. The highest BCUT2D eigenvalue weighted by molar-refractivity contribution is 7.89. The molecule has 1 atom stereocenters. The number of rotatable bonds is 5. The van der Waals surface area contributed by atoms with Gasteiger partial charge in [0.25, 0.3) is 0 Å². The summed E-state index contributed by atoms with van der Waals surface area (Å²) in [4.78, 5) is -0.377. The largest absolute Gasteiger partial charge is 0.396 e. The normalized spacial score (nSPS) is 14.2. The summed E-state index contributed by atoms with van der Waals surface area (Å²) in [6.45, 7) is 5.33. The van der Waals surface area contributed by atoms with Gasteiger partial charge in [0, 0.05) is 12.6 Å². The predicted octanol–water partition coefficient (Wildman–Crippen LogP) is 3.21. The number of hydrogen-bond donors (Lipinski definition) is 2. The Balaban J connectivity index is 3.20. The molecule has 1 aromatic carbocycles. The molecule has 0 amide bonds. The number of hydrogen-bond acceptors (Lipinski definition) is 3. The Kier molecular flexibility index (Phi) is 6.03. The van der Waals surface area contributed by atoms with Gasteiger partial charge in [0.05, 0.1) is 10.0 Å². The summed E-state index contributed by atoms with van der Waals surface area (Å²) < 4.78 is 40.8. The van der Waals surface area contributed by atoms with Crippen molar-refractivity contribution in [3.8, 4) is 0 Å². The highest BCUT2D eigenvalue weighted by atomic mass is 35.5. The van der Waals surface area contributed by atoms with Gasteiger partial charge >= 0.3 is 0 Å². The first-order valence-corrected chi connectivity index (χ1v) is 8.51. The van der Waals surface area contributed by atoms with Crippen LogP contribution in [-0.4, -0.2) is 26.2 Å². The molecular formula is C13H18Cl2FNO3S. The highest BCUT2D eigenvalue weighted by Gasteiger charge is 2.31. The zero-order valence-corrected chi connectivity index (χ0v) is 14.3. The first-order chi connectivity index (χ1) is 9.50. The van der Waals surface area contributed by atoms with Gasteiger partial charge in [0.2, 0.25) is 10.0 Å². The van der Waals surface area contributed by atoms with Crippen LogP contribution >= 0.6 is 23.2 Å². The van der Waals surface area contributed by atoms with Gasteiger partial charge in [-0.1, -0.05) is 44.0 Å². The Labute approximate surface area is 134 Å². The molecular weight excluding hydrogens is 340 g/mol. The standard InChI is InChI=1S/C13H18Cl2FNO3S/c1-13(2,3)10(6-7-18)17-21(19,20)9-5-4-8(14)12(16)11(9)15/h4-5,10,17-18H,6-7H2,1-3H3. The van der Waals surface area contributed by atoms with E-state index in [1.54, 1.807) is 0 Å². The van der Waals surface area contributed by atoms with Gasteiger partial charge in [0.15, 0.2) is 5.82 Å². The first-order valence-electron chi connectivity index (χ1n) is 6.27. The Morgan fingerprint density at radius 3 is 2.38 bits per heavy atom. The summed E-state index contributed by atoms with van der Waals surface area (Å²) in [5.74, 6) is -0.976. The molecule has 21 heavy (non-hydrogen) atoms. The second kappa shape index (κ2) is 6.79. The monoisotopic (exact) mass is 357 g/mol. The molecule has 0 heterocycles. The minimum atomic E-state index is -4.03. The van der Waals surface area contributed by atoms with E-state index >= 15 is 0 Å². The molecule has 1 aromatic rings. The van der Waals surface area contributed by atoms with E-state index in [1.807, 2.05) is 20.8 Å². The fourth-order valence-corrected chi connectivity index (χ4v) is 3.99. The molecule has 0 bridgehead atoms. The van der Waals surface area contributed by atoms with Crippen molar-refractivity contribution in [2.24, 2.45) is 5.41 Å². The summed E-state index contributed by atoms with van der Waals surface area (Å²) in [5.41, 5.74) is -0.423. The van der Waals surface area contributed by atoms with E-state index in [-0.39, 0.29) is 22.9 Å². The second-order valence-corrected chi connectivity index (χ2v) is 8.19. The number of nitrogens with one attached hydrogen (secondary N) is 1. The van der Waals surface area contributed by atoms with Gasteiger partial charge in [-0.05, 0) is 24.0 Å². The lowest BCUT2D eigenvalue weighted by Crippen LogP contribution is -2.44. The average molecular weight is 358 g/mol. The summed E-state index contributed by atoms with van der Waals surface area (Å²) in [5, 5.41) is 8.27. The Morgan fingerprint density at radius 2 is 1.90 bits per heavy atom. The minimum absolute atomic E-state index is 0.173. The molecule has 0 saturated heterocycles. The van der Waals surface area contributed by atoms with Crippen LogP contribution in [0.25, 0.3) is 0 Å². The van der Waals surface area contributed by atoms with Gasteiger partial charge < -0.3 is 5.11 Å². The van der Waals surface area contributed by atoms with Crippen LogP contribution in [0.2, 0.25) is 10.0 Å². The highest BCUT2D eigenvalue weighted by Crippen LogP contribution is 2.31. The van der Waals surface area contributed by atoms with E-state index in [4.69, 9.17) is 28.3 Å². The molecule has 0 saturated carbocycles. The van der Waals surface area contributed by atoms with Crippen LogP contribution in [0.15, 0.2) is 17.0 Å². The Bertz CT molecular complexity index is 615. The molecule has 0 fully saturated rings. The van der Waals surface area contributed by atoms with Crippen LogP contribution < -0.4 is 4.72 Å². The van der Waals surface area contributed by atoms with E-state index in [0.717, 1.165) is 12.1 Å². The SMILES string of the molecule is CC(C)(C)C(CCO)NS(=O)(=O)c1ccc(Cl)c(F)c1Cl. The quantitative estimate of drug-likeness (QED) is 0.795. The van der Waals surface area contributed by atoms with Crippen molar-refractivity contribution in [3.05, 3.63) is 28.0 Å². The molecule has 0 aliphatic carbocycles. The molecule has 1 rings (SSSR count). The number of aliphatic hydroxyl groups is 1. The van der Waals surface area contributed by atoms with Gasteiger partial charge in [-0.2, -0.15) is 0 Å². The fourth-order valence-electron chi connectivity index (χ4n) is 1.76. The van der Waals surface area contributed by atoms with Crippen LogP contribution in [0.5, 0.6) is 0 Å². The third-order valence-corrected chi connectivity index (χ3v) is 5.34.